The molecule has 0 saturated carbocycles. The number of hydrogen-bond donors (Lipinski definition) is 2. The monoisotopic (exact) mass is 342 g/mol. The zero-order valence-electron chi connectivity index (χ0n) is 11.9. The van der Waals surface area contributed by atoms with Gasteiger partial charge in [-0.3, -0.25) is 4.90 Å². The van der Waals surface area contributed by atoms with Gasteiger partial charge in [0, 0.05) is 38.8 Å². The van der Waals surface area contributed by atoms with Crippen molar-refractivity contribution in [2.75, 3.05) is 32.8 Å². The Morgan fingerprint density at radius 2 is 1.82 bits per heavy atom. The summed E-state index contributed by atoms with van der Waals surface area (Å²) in [6.45, 7) is 2.60. The molecule has 0 unspecified atom stereocenters. The minimum Gasteiger partial charge on any atom is -0.396 e. The molecule has 1 atom stereocenters. The highest BCUT2D eigenvalue weighted by atomic mass is 35.5. The molecule has 1 fully saturated rings. The van der Waals surface area contributed by atoms with Crippen molar-refractivity contribution in [1.29, 1.82) is 0 Å². The molecule has 1 aliphatic heterocycles. The molecule has 1 aromatic rings. The Balaban J connectivity index is 0.00000242. The molecule has 0 bridgehead atoms. The molecule has 2 rings (SSSR count). The largest absolute Gasteiger partial charge is 0.416 e. The van der Waals surface area contributed by atoms with Crippen molar-refractivity contribution in [3.05, 3.63) is 35.1 Å². The number of halogens is 5. The number of nitrogens with one attached hydrogen (secondary N) is 1. The van der Waals surface area contributed by atoms with E-state index in [2.05, 4.69) is 5.32 Å². The van der Waals surface area contributed by atoms with E-state index in [9.17, 15) is 17.6 Å². The van der Waals surface area contributed by atoms with Crippen LogP contribution in [0, 0.1) is 5.82 Å². The van der Waals surface area contributed by atoms with Crippen LogP contribution in [0.5, 0.6) is 0 Å². The maximum absolute atomic E-state index is 13.5. The van der Waals surface area contributed by atoms with Gasteiger partial charge in [0.25, 0.3) is 0 Å². The molecule has 126 valence electrons. The number of aliphatic hydroxyl groups excluding tert-OH is 1. The van der Waals surface area contributed by atoms with Crippen LogP contribution in [-0.4, -0.2) is 42.8 Å². The van der Waals surface area contributed by atoms with Crippen molar-refractivity contribution in [2.24, 2.45) is 0 Å². The Labute approximate surface area is 132 Å². The molecule has 2 N–H and O–H groups in total. The number of aliphatic hydroxyl groups is 1. The van der Waals surface area contributed by atoms with Crippen molar-refractivity contribution in [1.82, 2.24) is 10.2 Å². The van der Waals surface area contributed by atoms with E-state index in [1.165, 1.54) is 0 Å². The van der Waals surface area contributed by atoms with E-state index in [1.54, 1.807) is 0 Å². The van der Waals surface area contributed by atoms with Gasteiger partial charge in [-0.2, -0.15) is 13.2 Å². The molecule has 1 saturated heterocycles. The average molecular weight is 343 g/mol. The lowest BCUT2D eigenvalue weighted by molar-refractivity contribution is -0.137. The summed E-state index contributed by atoms with van der Waals surface area (Å²) in [7, 11) is 0. The third kappa shape index (κ3) is 4.81. The predicted octanol–water partition coefficient (Wildman–Crippen LogP) is 2.60. The molecular weight excluding hydrogens is 324 g/mol. The molecule has 3 nitrogen and oxygen atoms in total. The Bertz CT molecular complexity index is 478. The first-order valence-corrected chi connectivity index (χ1v) is 6.85. The van der Waals surface area contributed by atoms with Crippen LogP contribution >= 0.6 is 12.4 Å². The molecule has 0 amide bonds. The fourth-order valence-corrected chi connectivity index (χ4v) is 2.64. The first-order chi connectivity index (χ1) is 9.91. The molecule has 0 aliphatic carbocycles. The van der Waals surface area contributed by atoms with Crippen molar-refractivity contribution < 1.29 is 22.7 Å². The molecule has 8 heteroatoms. The Morgan fingerprint density at radius 1 is 1.18 bits per heavy atom. The van der Waals surface area contributed by atoms with E-state index < -0.39 is 23.6 Å². The lowest BCUT2D eigenvalue weighted by Crippen LogP contribution is -2.45. The number of rotatable bonds is 4. The molecule has 1 heterocycles. The summed E-state index contributed by atoms with van der Waals surface area (Å²) in [6.07, 6.45) is -4.30. The standard InChI is InChI=1S/C14H18F4N2O.ClH/c15-12-8-10(7-11(9-12)14(16,17)18)13(1-6-21)20-4-2-19-3-5-20;/h7-9,13,19,21H,1-6H2;1H/t13-;/m1./s1. The van der Waals surface area contributed by atoms with Crippen molar-refractivity contribution in [3.8, 4) is 0 Å². The first-order valence-electron chi connectivity index (χ1n) is 6.85. The minimum atomic E-state index is -4.58. The van der Waals surface area contributed by atoms with Gasteiger partial charge in [-0.25, -0.2) is 4.39 Å². The van der Waals surface area contributed by atoms with Gasteiger partial charge in [-0.15, -0.1) is 12.4 Å². The van der Waals surface area contributed by atoms with Crippen LogP contribution < -0.4 is 5.32 Å². The zero-order chi connectivity index (χ0) is 15.5. The van der Waals surface area contributed by atoms with Crippen LogP contribution in [-0.2, 0) is 6.18 Å². The van der Waals surface area contributed by atoms with Gasteiger partial charge in [0.15, 0.2) is 0 Å². The highest BCUT2D eigenvalue weighted by Crippen LogP contribution is 2.33. The highest BCUT2D eigenvalue weighted by Gasteiger charge is 2.32. The number of alkyl halides is 3. The second-order valence-corrected chi connectivity index (χ2v) is 5.09. The summed E-state index contributed by atoms with van der Waals surface area (Å²) < 4.78 is 51.9. The van der Waals surface area contributed by atoms with Gasteiger partial charge in [-0.05, 0) is 30.2 Å². The van der Waals surface area contributed by atoms with Crippen LogP contribution in [0.15, 0.2) is 18.2 Å². The Kier molecular flexibility index (Phi) is 7.05. The lowest BCUT2D eigenvalue weighted by atomic mass is 9.99. The third-order valence-corrected chi connectivity index (χ3v) is 3.63. The normalized spacial score (nSPS) is 17.9. The smallest absolute Gasteiger partial charge is 0.396 e. The van der Waals surface area contributed by atoms with E-state index in [1.807, 2.05) is 4.90 Å². The van der Waals surface area contributed by atoms with Crippen LogP contribution in [0.2, 0.25) is 0 Å². The number of hydrogen-bond acceptors (Lipinski definition) is 3. The van der Waals surface area contributed by atoms with Crippen molar-refractivity contribution in [2.45, 2.75) is 18.6 Å². The van der Waals surface area contributed by atoms with Crippen LogP contribution in [0.1, 0.15) is 23.6 Å². The van der Waals surface area contributed by atoms with Gasteiger partial charge in [0.05, 0.1) is 5.56 Å². The van der Waals surface area contributed by atoms with Gasteiger partial charge in [0.2, 0.25) is 0 Å². The average Bonchev–Trinajstić information content (AvgIpc) is 2.44. The minimum absolute atomic E-state index is 0. The van der Waals surface area contributed by atoms with E-state index in [-0.39, 0.29) is 31.0 Å². The summed E-state index contributed by atoms with van der Waals surface area (Å²) in [6, 6.07) is 2.19. The van der Waals surface area contributed by atoms with Crippen molar-refractivity contribution in [3.63, 3.8) is 0 Å². The van der Waals surface area contributed by atoms with Gasteiger partial charge >= 0.3 is 6.18 Å². The second kappa shape index (κ2) is 8.10. The molecule has 0 spiro atoms. The summed E-state index contributed by atoms with van der Waals surface area (Å²) in [5.41, 5.74) is -0.728. The number of benzene rings is 1. The number of nitrogens with zero attached hydrogens (tertiary/aromatic N) is 1. The SMILES string of the molecule is Cl.OCC[C@H](c1cc(F)cc(C(F)(F)F)c1)N1CCNCC1. The molecule has 22 heavy (non-hydrogen) atoms. The number of piperazine rings is 1. The topological polar surface area (TPSA) is 35.5 Å². The summed E-state index contributed by atoms with van der Waals surface area (Å²) in [5.74, 6) is -0.905. The van der Waals surface area contributed by atoms with Gasteiger partial charge in [-0.1, -0.05) is 0 Å². The first kappa shape index (κ1) is 19.2. The van der Waals surface area contributed by atoms with E-state index in [0.29, 0.717) is 19.2 Å². The fourth-order valence-electron chi connectivity index (χ4n) is 2.64. The third-order valence-electron chi connectivity index (χ3n) is 3.63. The fraction of sp³-hybridized carbons (Fsp3) is 0.571. The van der Waals surface area contributed by atoms with Crippen LogP contribution in [0.25, 0.3) is 0 Å². The summed E-state index contributed by atoms with van der Waals surface area (Å²) in [4.78, 5) is 1.97. The highest BCUT2D eigenvalue weighted by molar-refractivity contribution is 5.85. The maximum atomic E-state index is 13.5. The lowest BCUT2D eigenvalue weighted by Gasteiger charge is -2.35. The van der Waals surface area contributed by atoms with Crippen molar-refractivity contribution >= 4 is 12.4 Å². The van der Waals surface area contributed by atoms with Gasteiger partial charge < -0.3 is 10.4 Å². The Morgan fingerprint density at radius 3 is 2.36 bits per heavy atom. The molecular formula is C14H19ClF4N2O. The maximum Gasteiger partial charge on any atom is 0.416 e. The molecule has 1 aliphatic rings. The van der Waals surface area contributed by atoms with Gasteiger partial charge in [0.1, 0.15) is 5.82 Å². The summed E-state index contributed by atoms with van der Waals surface area (Å²) >= 11 is 0. The van der Waals surface area contributed by atoms with E-state index in [0.717, 1.165) is 25.2 Å². The molecule has 1 aromatic carbocycles. The van der Waals surface area contributed by atoms with E-state index in [4.69, 9.17) is 5.11 Å². The predicted molar refractivity (Wildman–Crippen MR) is 77.5 cm³/mol. The van der Waals surface area contributed by atoms with Crippen LogP contribution in [0.3, 0.4) is 0 Å². The van der Waals surface area contributed by atoms with Crippen LogP contribution in [0.4, 0.5) is 17.6 Å². The second-order valence-electron chi connectivity index (χ2n) is 5.09. The molecule has 0 aromatic heterocycles. The summed E-state index contributed by atoms with van der Waals surface area (Å²) in [5, 5.41) is 12.3. The molecule has 0 radical (unpaired) electrons. The Hall–Kier alpha value is -0.890. The van der Waals surface area contributed by atoms with E-state index >= 15 is 0 Å². The zero-order valence-corrected chi connectivity index (χ0v) is 12.7. The quantitative estimate of drug-likeness (QED) is 0.826.